The van der Waals surface area contributed by atoms with Gasteiger partial charge in [0.2, 0.25) is 0 Å². The highest BCUT2D eigenvalue weighted by Crippen LogP contribution is 2.12. The summed E-state index contributed by atoms with van der Waals surface area (Å²) in [5.41, 5.74) is 1.34. The van der Waals surface area contributed by atoms with Gasteiger partial charge < -0.3 is 0 Å². The second-order valence-electron chi connectivity index (χ2n) is 3.77. The van der Waals surface area contributed by atoms with Crippen LogP contribution >= 0.6 is 11.6 Å². The SMILES string of the molecule is Clc1ccc(CCCCc2ncn[nH]2)cc1. The maximum atomic E-state index is 5.82. The van der Waals surface area contributed by atoms with E-state index in [2.05, 4.69) is 27.3 Å². The van der Waals surface area contributed by atoms with Gasteiger partial charge in [-0.2, -0.15) is 5.10 Å². The molecule has 0 saturated carbocycles. The number of nitrogens with zero attached hydrogens (tertiary/aromatic N) is 2. The number of aryl methyl sites for hydroxylation is 2. The van der Waals surface area contributed by atoms with Crippen molar-refractivity contribution in [2.45, 2.75) is 25.7 Å². The van der Waals surface area contributed by atoms with E-state index in [0.29, 0.717) is 0 Å². The van der Waals surface area contributed by atoms with Crippen molar-refractivity contribution in [3.8, 4) is 0 Å². The Morgan fingerprint density at radius 1 is 1.06 bits per heavy atom. The highest BCUT2D eigenvalue weighted by atomic mass is 35.5. The van der Waals surface area contributed by atoms with Crippen LogP contribution in [-0.4, -0.2) is 15.2 Å². The van der Waals surface area contributed by atoms with Gasteiger partial charge in [0.1, 0.15) is 12.2 Å². The third kappa shape index (κ3) is 3.35. The number of unbranched alkanes of at least 4 members (excludes halogenated alkanes) is 1. The van der Waals surface area contributed by atoms with Gasteiger partial charge in [-0.15, -0.1) is 0 Å². The van der Waals surface area contributed by atoms with Crippen LogP contribution in [0.15, 0.2) is 30.6 Å². The zero-order chi connectivity index (χ0) is 11.2. The van der Waals surface area contributed by atoms with Crippen molar-refractivity contribution in [1.29, 1.82) is 0 Å². The van der Waals surface area contributed by atoms with Gasteiger partial charge in [-0.25, -0.2) is 4.98 Å². The van der Waals surface area contributed by atoms with Crippen LogP contribution in [-0.2, 0) is 12.8 Å². The number of halogens is 1. The second-order valence-corrected chi connectivity index (χ2v) is 4.20. The van der Waals surface area contributed by atoms with E-state index in [1.807, 2.05) is 12.1 Å². The van der Waals surface area contributed by atoms with Gasteiger partial charge in [-0.1, -0.05) is 23.7 Å². The Labute approximate surface area is 99.9 Å². The summed E-state index contributed by atoms with van der Waals surface area (Å²) >= 11 is 5.82. The molecule has 1 aromatic heterocycles. The van der Waals surface area contributed by atoms with Crippen molar-refractivity contribution in [3.63, 3.8) is 0 Å². The molecule has 0 bridgehead atoms. The fourth-order valence-electron chi connectivity index (χ4n) is 1.62. The van der Waals surface area contributed by atoms with Crippen LogP contribution in [0.3, 0.4) is 0 Å². The van der Waals surface area contributed by atoms with E-state index in [1.54, 1.807) is 6.33 Å². The lowest BCUT2D eigenvalue weighted by Gasteiger charge is -2.00. The monoisotopic (exact) mass is 235 g/mol. The van der Waals surface area contributed by atoms with E-state index in [0.717, 1.165) is 36.5 Å². The molecule has 0 radical (unpaired) electrons. The highest BCUT2D eigenvalue weighted by Gasteiger charge is 1.97. The lowest BCUT2D eigenvalue weighted by atomic mass is 10.1. The number of benzene rings is 1. The minimum Gasteiger partial charge on any atom is -0.263 e. The summed E-state index contributed by atoms with van der Waals surface area (Å²) in [5, 5.41) is 7.48. The molecule has 0 aliphatic heterocycles. The van der Waals surface area contributed by atoms with E-state index in [-0.39, 0.29) is 0 Å². The first kappa shape index (κ1) is 11.1. The van der Waals surface area contributed by atoms with Gasteiger partial charge in [0.25, 0.3) is 0 Å². The van der Waals surface area contributed by atoms with Crippen molar-refractivity contribution in [2.24, 2.45) is 0 Å². The van der Waals surface area contributed by atoms with Gasteiger partial charge >= 0.3 is 0 Å². The predicted molar refractivity (Wildman–Crippen MR) is 64.5 cm³/mol. The Morgan fingerprint density at radius 3 is 2.50 bits per heavy atom. The van der Waals surface area contributed by atoms with Crippen molar-refractivity contribution < 1.29 is 0 Å². The minimum atomic E-state index is 0.797. The molecule has 0 amide bonds. The average molecular weight is 236 g/mol. The van der Waals surface area contributed by atoms with Crippen LogP contribution in [0.4, 0.5) is 0 Å². The number of aromatic nitrogens is 3. The fraction of sp³-hybridized carbons (Fsp3) is 0.333. The van der Waals surface area contributed by atoms with Crippen LogP contribution in [0.1, 0.15) is 24.2 Å². The molecule has 1 aromatic carbocycles. The van der Waals surface area contributed by atoms with Crippen LogP contribution in [0.2, 0.25) is 5.02 Å². The van der Waals surface area contributed by atoms with E-state index < -0.39 is 0 Å². The smallest absolute Gasteiger partial charge is 0.137 e. The van der Waals surface area contributed by atoms with Gasteiger partial charge in [0, 0.05) is 11.4 Å². The summed E-state index contributed by atoms with van der Waals surface area (Å²) in [5.74, 6) is 0.969. The Kier molecular flexibility index (Phi) is 3.94. The van der Waals surface area contributed by atoms with Crippen LogP contribution in [0.5, 0.6) is 0 Å². The van der Waals surface area contributed by atoms with Gasteiger partial charge in [0.15, 0.2) is 0 Å². The summed E-state index contributed by atoms with van der Waals surface area (Å²) in [6.07, 6.45) is 5.88. The molecule has 2 rings (SSSR count). The molecule has 2 aromatic rings. The molecule has 84 valence electrons. The second kappa shape index (κ2) is 5.66. The van der Waals surface area contributed by atoms with E-state index in [1.165, 1.54) is 5.56 Å². The zero-order valence-electron chi connectivity index (χ0n) is 8.99. The number of rotatable bonds is 5. The van der Waals surface area contributed by atoms with Crippen LogP contribution in [0.25, 0.3) is 0 Å². The maximum Gasteiger partial charge on any atom is 0.137 e. The molecule has 0 aliphatic rings. The number of nitrogens with one attached hydrogen (secondary N) is 1. The Hall–Kier alpha value is -1.35. The fourth-order valence-corrected chi connectivity index (χ4v) is 1.75. The molecule has 0 fully saturated rings. The molecule has 1 N–H and O–H groups in total. The largest absolute Gasteiger partial charge is 0.263 e. The molecule has 0 atom stereocenters. The first-order valence-electron chi connectivity index (χ1n) is 5.43. The van der Waals surface area contributed by atoms with Gasteiger partial charge in [-0.05, 0) is 37.0 Å². The lowest BCUT2D eigenvalue weighted by Crippen LogP contribution is -1.91. The van der Waals surface area contributed by atoms with E-state index in [9.17, 15) is 0 Å². The Morgan fingerprint density at radius 2 is 1.81 bits per heavy atom. The Bertz CT molecular complexity index is 408. The molecule has 0 saturated heterocycles. The molecule has 3 nitrogen and oxygen atoms in total. The molecule has 0 unspecified atom stereocenters. The summed E-state index contributed by atoms with van der Waals surface area (Å²) < 4.78 is 0. The van der Waals surface area contributed by atoms with Crippen molar-refractivity contribution in [2.75, 3.05) is 0 Å². The maximum absolute atomic E-state index is 5.82. The van der Waals surface area contributed by atoms with Crippen molar-refractivity contribution in [1.82, 2.24) is 15.2 Å². The van der Waals surface area contributed by atoms with Gasteiger partial charge in [-0.3, -0.25) is 5.10 Å². The molecular weight excluding hydrogens is 222 g/mol. The summed E-state index contributed by atoms with van der Waals surface area (Å²) in [7, 11) is 0. The molecule has 0 spiro atoms. The normalized spacial score (nSPS) is 10.6. The van der Waals surface area contributed by atoms with E-state index >= 15 is 0 Å². The summed E-state index contributed by atoms with van der Waals surface area (Å²) in [6, 6.07) is 8.04. The zero-order valence-corrected chi connectivity index (χ0v) is 9.74. The molecule has 1 heterocycles. The predicted octanol–water partition coefficient (Wildman–Crippen LogP) is 3.02. The summed E-state index contributed by atoms with van der Waals surface area (Å²) in [6.45, 7) is 0. The third-order valence-corrected chi connectivity index (χ3v) is 2.76. The minimum absolute atomic E-state index is 0.797. The topological polar surface area (TPSA) is 41.6 Å². The lowest BCUT2D eigenvalue weighted by molar-refractivity contribution is 0.709. The number of hydrogen-bond acceptors (Lipinski definition) is 2. The molecule has 16 heavy (non-hydrogen) atoms. The summed E-state index contributed by atoms with van der Waals surface area (Å²) in [4.78, 5) is 4.09. The first-order chi connectivity index (χ1) is 7.84. The first-order valence-corrected chi connectivity index (χ1v) is 5.81. The van der Waals surface area contributed by atoms with Crippen molar-refractivity contribution in [3.05, 3.63) is 47.0 Å². The average Bonchev–Trinajstić information content (AvgIpc) is 2.80. The highest BCUT2D eigenvalue weighted by molar-refractivity contribution is 6.30. The van der Waals surface area contributed by atoms with E-state index in [4.69, 9.17) is 11.6 Å². The van der Waals surface area contributed by atoms with Crippen molar-refractivity contribution >= 4 is 11.6 Å². The molecule has 4 heteroatoms. The van der Waals surface area contributed by atoms with Gasteiger partial charge in [0.05, 0.1) is 0 Å². The molecule has 0 aliphatic carbocycles. The molecular formula is C12H14ClN3. The number of hydrogen-bond donors (Lipinski definition) is 1. The Balaban J connectivity index is 1.70. The number of aromatic amines is 1. The van der Waals surface area contributed by atoms with Crippen LogP contribution < -0.4 is 0 Å². The standard InChI is InChI=1S/C12H14ClN3/c13-11-7-5-10(6-8-11)3-1-2-4-12-14-9-15-16-12/h5-9H,1-4H2,(H,14,15,16). The quantitative estimate of drug-likeness (QED) is 0.810. The third-order valence-electron chi connectivity index (χ3n) is 2.51. The van der Waals surface area contributed by atoms with Crippen LogP contribution in [0, 0.1) is 0 Å². The number of H-pyrrole nitrogens is 1.